The molecule has 32 heavy (non-hydrogen) atoms. The fraction of sp³-hybridized carbons (Fsp3) is 0.217. The van der Waals surface area contributed by atoms with Gasteiger partial charge in [0.2, 0.25) is 5.91 Å². The third-order valence-corrected chi connectivity index (χ3v) is 4.80. The van der Waals surface area contributed by atoms with E-state index in [1.165, 1.54) is 10.6 Å². The van der Waals surface area contributed by atoms with Crippen LogP contribution >= 0.6 is 0 Å². The number of benzene rings is 1. The zero-order valence-electron chi connectivity index (χ0n) is 18.1. The summed E-state index contributed by atoms with van der Waals surface area (Å²) >= 11 is 0. The van der Waals surface area contributed by atoms with Gasteiger partial charge in [0.1, 0.15) is 18.0 Å². The Hall–Kier alpha value is -4.14. The molecule has 3 amide bonds. The Balaban J connectivity index is 1.67. The second-order valence-electron chi connectivity index (χ2n) is 7.13. The fourth-order valence-electron chi connectivity index (χ4n) is 3.06. The zero-order chi connectivity index (χ0) is 23.1. The van der Waals surface area contributed by atoms with Gasteiger partial charge in [0.05, 0.1) is 18.8 Å². The largest absolute Gasteiger partial charge is 0.497 e. The average molecular weight is 435 g/mol. The molecule has 0 saturated heterocycles. The molecule has 0 bridgehead atoms. The van der Waals surface area contributed by atoms with Crippen LogP contribution in [0, 0.1) is 6.92 Å². The van der Waals surface area contributed by atoms with Crippen LogP contribution in [0.2, 0.25) is 0 Å². The molecule has 0 spiro atoms. The molecule has 0 fully saturated rings. The van der Waals surface area contributed by atoms with E-state index in [9.17, 15) is 14.4 Å². The van der Waals surface area contributed by atoms with E-state index < -0.39 is 11.6 Å². The van der Waals surface area contributed by atoms with Crippen molar-refractivity contribution in [3.63, 3.8) is 0 Å². The number of rotatable bonds is 7. The SMILES string of the molecule is COc1ccc(NC(=O)Nc2ccc(C)n(CC(=O)N[C@H](C)c3ccccn3)c2=O)cc1. The van der Waals surface area contributed by atoms with E-state index in [4.69, 9.17) is 4.74 Å². The van der Waals surface area contributed by atoms with Gasteiger partial charge in [-0.25, -0.2) is 4.79 Å². The molecule has 9 nitrogen and oxygen atoms in total. The van der Waals surface area contributed by atoms with Gasteiger partial charge in [-0.05, 0) is 62.4 Å². The van der Waals surface area contributed by atoms with Gasteiger partial charge in [-0.1, -0.05) is 6.07 Å². The third kappa shape index (κ3) is 5.72. The average Bonchev–Trinajstić information content (AvgIpc) is 2.79. The molecule has 2 heterocycles. The Labute approximate surface area is 185 Å². The van der Waals surface area contributed by atoms with E-state index in [-0.39, 0.29) is 24.2 Å². The Morgan fingerprint density at radius 1 is 1.06 bits per heavy atom. The molecule has 0 aliphatic heterocycles. The van der Waals surface area contributed by atoms with Crippen LogP contribution in [-0.2, 0) is 11.3 Å². The lowest BCUT2D eigenvalue weighted by Crippen LogP contribution is -2.36. The maximum atomic E-state index is 12.9. The summed E-state index contributed by atoms with van der Waals surface area (Å²) < 4.78 is 6.39. The summed E-state index contributed by atoms with van der Waals surface area (Å²) in [5, 5.41) is 8.02. The number of amides is 3. The quantitative estimate of drug-likeness (QED) is 0.528. The Morgan fingerprint density at radius 3 is 2.47 bits per heavy atom. The number of hydrogen-bond donors (Lipinski definition) is 3. The van der Waals surface area contributed by atoms with E-state index in [0.29, 0.717) is 17.1 Å². The van der Waals surface area contributed by atoms with E-state index in [0.717, 1.165) is 5.69 Å². The number of aromatic nitrogens is 2. The molecular weight excluding hydrogens is 410 g/mol. The van der Waals surface area contributed by atoms with Crippen LogP contribution in [0.25, 0.3) is 0 Å². The number of nitrogens with zero attached hydrogens (tertiary/aromatic N) is 2. The van der Waals surface area contributed by atoms with Crippen molar-refractivity contribution in [2.24, 2.45) is 0 Å². The van der Waals surface area contributed by atoms with Crippen molar-refractivity contribution in [1.29, 1.82) is 0 Å². The monoisotopic (exact) mass is 435 g/mol. The number of aryl methyl sites for hydroxylation is 1. The normalized spacial score (nSPS) is 11.3. The topological polar surface area (TPSA) is 114 Å². The number of ether oxygens (including phenoxy) is 1. The summed E-state index contributed by atoms with van der Waals surface area (Å²) in [5.74, 6) is 0.321. The number of carbonyl (C=O) groups excluding carboxylic acids is 2. The zero-order valence-corrected chi connectivity index (χ0v) is 18.1. The molecule has 3 rings (SSSR count). The number of methoxy groups -OCH3 is 1. The van der Waals surface area contributed by atoms with Gasteiger partial charge < -0.3 is 25.3 Å². The molecule has 3 N–H and O–H groups in total. The molecule has 0 aliphatic rings. The van der Waals surface area contributed by atoms with Gasteiger partial charge in [0.15, 0.2) is 0 Å². The van der Waals surface area contributed by atoms with Gasteiger partial charge in [-0.3, -0.25) is 14.6 Å². The first-order chi connectivity index (χ1) is 15.4. The fourth-order valence-corrected chi connectivity index (χ4v) is 3.06. The maximum absolute atomic E-state index is 12.9. The molecule has 9 heteroatoms. The summed E-state index contributed by atoms with van der Waals surface area (Å²) in [5.41, 5.74) is 1.44. The van der Waals surface area contributed by atoms with Crippen molar-refractivity contribution < 1.29 is 14.3 Å². The predicted molar refractivity (Wildman–Crippen MR) is 122 cm³/mol. The number of carbonyl (C=O) groups is 2. The molecule has 0 aliphatic carbocycles. The molecular formula is C23H25N5O4. The standard InChI is InChI=1S/C23H25N5O4/c1-15-7-12-20(27-23(31)26-17-8-10-18(32-3)11-9-17)22(30)28(15)14-21(29)25-16(2)19-6-4-5-13-24-19/h4-13,16H,14H2,1-3H3,(H,25,29)(H2,26,27,31)/t16-/m1/s1. The number of pyridine rings is 2. The summed E-state index contributed by atoms with van der Waals surface area (Å²) in [4.78, 5) is 41.9. The molecule has 2 aromatic heterocycles. The van der Waals surface area contributed by atoms with Crippen LogP contribution in [0.1, 0.15) is 24.4 Å². The molecule has 0 unspecified atom stereocenters. The minimum absolute atomic E-state index is 0.0622. The highest BCUT2D eigenvalue weighted by Gasteiger charge is 2.15. The molecule has 166 valence electrons. The molecule has 1 aromatic carbocycles. The number of urea groups is 1. The van der Waals surface area contributed by atoms with E-state index in [1.54, 1.807) is 56.6 Å². The minimum Gasteiger partial charge on any atom is -0.497 e. The molecule has 0 radical (unpaired) electrons. The molecule has 0 saturated carbocycles. The van der Waals surface area contributed by atoms with Gasteiger partial charge in [0, 0.05) is 17.6 Å². The van der Waals surface area contributed by atoms with Crippen molar-refractivity contribution in [1.82, 2.24) is 14.9 Å². The predicted octanol–water partition coefficient (Wildman–Crippen LogP) is 3.08. The highest BCUT2D eigenvalue weighted by Crippen LogP contribution is 2.15. The molecule has 3 aromatic rings. The van der Waals surface area contributed by atoms with Crippen LogP contribution in [0.15, 0.2) is 65.6 Å². The first-order valence-corrected chi connectivity index (χ1v) is 10.00. The van der Waals surface area contributed by atoms with Gasteiger partial charge in [-0.2, -0.15) is 0 Å². The maximum Gasteiger partial charge on any atom is 0.323 e. The lowest BCUT2D eigenvalue weighted by atomic mass is 10.2. The van der Waals surface area contributed by atoms with E-state index in [1.807, 2.05) is 19.1 Å². The second kappa shape index (κ2) is 10.3. The van der Waals surface area contributed by atoms with Crippen LogP contribution in [0.4, 0.5) is 16.2 Å². The van der Waals surface area contributed by atoms with Crippen LogP contribution in [0.5, 0.6) is 5.75 Å². The summed E-state index contributed by atoms with van der Waals surface area (Å²) in [6.45, 7) is 3.35. The Bertz CT molecular complexity index is 1140. The van der Waals surface area contributed by atoms with Crippen LogP contribution in [0.3, 0.4) is 0 Å². The van der Waals surface area contributed by atoms with Gasteiger partial charge in [0.25, 0.3) is 5.56 Å². The van der Waals surface area contributed by atoms with Crippen molar-refractivity contribution >= 4 is 23.3 Å². The number of anilines is 2. The highest BCUT2D eigenvalue weighted by atomic mass is 16.5. The first-order valence-electron chi connectivity index (χ1n) is 10.00. The smallest absolute Gasteiger partial charge is 0.323 e. The van der Waals surface area contributed by atoms with Crippen molar-refractivity contribution in [3.05, 3.63) is 82.5 Å². The highest BCUT2D eigenvalue weighted by molar-refractivity contribution is 5.99. The third-order valence-electron chi connectivity index (χ3n) is 4.80. The number of hydrogen-bond acceptors (Lipinski definition) is 5. The molecule has 1 atom stereocenters. The van der Waals surface area contributed by atoms with Crippen LogP contribution in [-0.4, -0.2) is 28.6 Å². The van der Waals surface area contributed by atoms with Crippen LogP contribution < -0.4 is 26.2 Å². The Morgan fingerprint density at radius 2 is 1.81 bits per heavy atom. The Kier molecular flexibility index (Phi) is 7.22. The second-order valence-corrected chi connectivity index (χ2v) is 7.13. The first kappa shape index (κ1) is 22.5. The lowest BCUT2D eigenvalue weighted by Gasteiger charge is -2.16. The van der Waals surface area contributed by atoms with Crippen molar-refractivity contribution in [2.75, 3.05) is 17.7 Å². The summed E-state index contributed by atoms with van der Waals surface area (Å²) in [7, 11) is 1.55. The lowest BCUT2D eigenvalue weighted by molar-refractivity contribution is -0.122. The van der Waals surface area contributed by atoms with Gasteiger partial charge in [-0.15, -0.1) is 0 Å². The van der Waals surface area contributed by atoms with E-state index >= 15 is 0 Å². The summed E-state index contributed by atoms with van der Waals surface area (Å²) in [6.07, 6.45) is 1.65. The number of nitrogens with one attached hydrogen (secondary N) is 3. The van der Waals surface area contributed by atoms with E-state index in [2.05, 4.69) is 20.9 Å². The van der Waals surface area contributed by atoms with Crippen molar-refractivity contribution in [3.8, 4) is 5.75 Å². The van der Waals surface area contributed by atoms with Gasteiger partial charge >= 0.3 is 6.03 Å². The minimum atomic E-state index is -0.573. The van der Waals surface area contributed by atoms with Crippen molar-refractivity contribution in [2.45, 2.75) is 26.4 Å². The summed E-state index contributed by atoms with van der Waals surface area (Å²) in [6, 6.07) is 14.5.